The number of carbonyl (C=O) groups excluding carboxylic acids is 2. The van der Waals surface area contributed by atoms with Crippen molar-refractivity contribution in [1.82, 2.24) is 15.1 Å². The molecule has 0 spiro atoms. The highest BCUT2D eigenvalue weighted by Crippen LogP contribution is 2.38. The summed E-state index contributed by atoms with van der Waals surface area (Å²) >= 11 is 6.08. The molecule has 0 aliphatic carbocycles. The first-order valence-corrected chi connectivity index (χ1v) is 13.4. The lowest BCUT2D eigenvalue weighted by Crippen LogP contribution is -2.26. The molecule has 1 heterocycles. The summed E-state index contributed by atoms with van der Waals surface area (Å²) in [6, 6.07) is 19.3. The summed E-state index contributed by atoms with van der Waals surface area (Å²) in [5.74, 6) is 0.834. The molecule has 42 heavy (non-hydrogen) atoms. The third kappa shape index (κ3) is 6.48. The number of amides is 1. The van der Waals surface area contributed by atoms with Crippen molar-refractivity contribution >= 4 is 29.1 Å². The van der Waals surface area contributed by atoms with Crippen molar-refractivity contribution in [3.63, 3.8) is 0 Å². The maximum Gasteiger partial charge on any atom is 0.251 e. The summed E-state index contributed by atoms with van der Waals surface area (Å²) in [7, 11) is 4.45. The molecule has 0 aliphatic rings. The molecule has 3 aromatic carbocycles. The van der Waals surface area contributed by atoms with Crippen LogP contribution < -0.4 is 24.8 Å². The van der Waals surface area contributed by atoms with Crippen LogP contribution in [0.5, 0.6) is 17.2 Å². The van der Waals surface area contributed by atoms with E-state index >= 15 is 0 Å². The summed E-state index contributed by atoms with van der Waals surface area (Å²) in [4.78, 5) is 26.2. The number of aromatic nitrogens is 2. The lowest BCUT2D eigenvalue weighted by molar-refractivity contribution is 0.0952. The molecule has 4 rings (SSSR count). The van der Waals surface area contributed by atoms with Gasteiger partial charge < -0.3 is 24.8 Å². The number of carbonyl (C=O) groups is 2. The Balaban J connectivity index is 1.51. The van der Waals surface area contributed by atoms with E-state index in [-0.39, 0.29) is 22.9 Å². The molecule has 0 aliphatic heterocycles. The van der Waals surface area contributed by atoms with Crippen LogP contribution in [0, 0.1) is 18.3 Å². The van der Waals surface area contributed by atoms with Gasteiger partial charge in [0.05, 0.1) is 27.0 Å². The molecule has 0 unspecified atom stereocenters. The number of ether oxygens (including phenoxy) is 3. The van der Waals surface area contributed by atoms with Crippen LogP contribution in [0.2, 0.25) is 5.02 Å². The topological polar surface area (TPSA) is 128 Å². The molecule has 216 valence electrons. The normalized spacial score (nSPS) is 10.5. The summed E-state index contributed by atoms with van der Waals surface area (Å²) < 4.78 is 17.5. The summed E-state index contributed by atoms with van der Waals surface area (Å²) in [5.41, 5.74) is 2.57. The second kappa shape index (κ2) is 13.6. The Labute approximate surface area is 248 Å². The van der Waals surface area contributed by atoms with Gasteiger partial charge in [-0.2, -0.15) is 10.4 Å². The molecule has 4 aromatic rings. The van der Waals surface area contributed by atoms with Crippen molar-refractivity contribution in [2.45, 2.75) is 13.3 Å². The van der Waals surface area contributed by atoms with Gasteiger partial charge in [0.2, 0.25) is 11.5 Å². The number of nitriles is 1. The highest BCUT2D eigenvalue weighted by atomic mass is 35.5. The standard InChI is InChI=1S/C31H30ClN5O5/c1-19-6-8-20(9-7-19)28(38)27-24(18-33)30(37(36-27)23-12-10-22(32)11-13-23)34-14-5-15-35-31(39)21-16-25(40-2)29(42-4)26(17-21)41-3/h6-13,16-17,34H,5,14-15H2,1-4H3,(H,35,39). The number of nitrogens with one attached hydrogen (secondary N) is 2. The zero-order valence-corrected chi connectivity index (χ0v) is 24.4. The van der Waals surface area contributed by atoms with Crippen LogP contribution in [-0.4, -0.2) is 55.9 Å². The van der Waals surface area contributed by atoms with Gasteiger partial charge in [0.1, 0.15) is 17.5 Å². The van der Waals surface area contributed by atoms with Crippen LogP contribution in [0.3, 0.4) is 0 Å². The van der Waals surface area contributed by atoms with E-state index in [1.54, 1.807) is 48.5 Å². The number of ketones is 1. The van der Waals surface area contributed by atoms with E-state index in [1.807, 2.05) is 19.1 Å². The number of aryl methyl sites for hydroxylation is 1. The van der Waals surface area contributed by atoms with Crippen LogP contribution in [0.4, 0.5) is 5.82 Å². The Kier molecular flexibility index (Phi) is 9.68. The molecule has 0 radical (unpaired) electrons. The Hall–Kier alpha value is -5.01. The number of benzene rings is 3. The van der Waals surface area contributed by atoms with E-state index in [1.165, 1.54) is 26.0 Å². The molecular weight excluding hydrogens is 558 g/mol. The average molecular weight is 588 g/mol. The Morgan fingerprint density at radius 1 is 0.929 bits per heavy atom. The number of methoxy groups -OCH3 is 3. The first-order chi connectivity index (χ1) is 20.3. The molecule has 0 atom stereocenters. The van der Waals surface area contributed by atoms with Gasteiger partial charge >= 0.3 is 0 Å². The number of hydrogen-bond donors (Lipinski definition) is 2. The SMILES string of the molecule is COc1cc(C(=O)NCCCNc2c(C#N)c(C(=O)c3ccc(C)cc3)nn2-c2ccc(Cl)cc2)cc(OC)c1OC. The third-order valence-corrected chi connectivity index (χ3v) is 6.71. The molecular formula is C31H30ClN5O5. The van der Waals surface area contributed by atoms with Gasteiger partial charge in [-0.05, 0) is 49.7 Å². The molecule has 0 bridgehead atoms. The predicted octanol–water partition coefficient (Wildman–Crippen LogP) is 5.19. The van der Waals surface area contributed by atoms with Crippen molar-refractivity contribution in [2.24, 2.45) is 0 Å². The van der Waals surface area contributed by atoms with Crippen LogP contribution in [0.1, 0.15) is 44.0 Å². The smallest absolute Gasteiger partial charge is 0.251 e. The second-order valence-electron chi connectivity index (χ2n) is 9.22. The molecule has 11 heteroatoms. The second-order valence-corrected chi connectivity index (χ2v) is 9.65. The van der Waals surface area contributed by atoms with E-state index < -0.39 is 0 Å². The fourth-order valence-electron chi connectivity index (χ4n) is 4.27. The van der Waals surface area contributed by atoms with Gasteiger partial charge in [-0.15, -0.1) is 0 Å². The van der Waals surface area contributed by atoms with E-state index in [0.717, 1.165) is 5.56 Å². The molecule has 10 nitrogen and oxygen atoms in total. The van der Waals surface area contributed by atoms with Crippen molar-refractivity contribution in [2.75, 3.05) is 39.7 Å². The van der Waals surface area contributed by atoms with E-state index in [9.17, 15) is 14.9 Å². The Morgan fingerprint density at radius 2 is 1.57 bits per heavy atom. The van der Waals surface area contributed by atoms with E-state index in [4.69, 9.17) is 25.8 Å². The van der Waals surface area contributed by atoms with Gasteiger partial charge in [0.25, 0.3) is 5.91 Å². The van der Waals surface area contributed by atoms with Gasteiger partial charge in [-0.1, -0.05) is 41.4 Å². The predicted molar refractivity (Wildman–Crippen MR) is 159 cm³/mol. The lowest BCUT2D eigenvalue weighted by atomic mass is 10.0. The molecule has 1 amide bonds. The first kappa shape index (κ1) is 30.0. The highest BCUT2D eigenvalue weighted by molar-refractivity contribution is 6.30. The lowest BCUT2D eigenvalue weighted by Gasteiger charge is -2.14. The zero-order chi connectivity index (χ0) is 30.2. The average Bonchev–Trinajstić information content (AvgIpc) is 3.38. The molecule has 2 N–H and O–H groups in total. The number of anilines is 1. The fourth-order valence-corrected chi connectivity index (χ4v) is 4.39. The van der Waals surface area contributed by atoms with Crippen LogP contribution in [-0.2, 0) is 0 Å². The number of hydrogen-bond acceptors (Lipinski definition) is 8. The molecule has 1 aromatic heterocycles. The molecule has 0 saturated heterocycles. The number of rotatable bonds is 12. The Bertz CT molecular complexity index is 1600. The number of nitrogens with zero attached hydrogens (tertiary/aromatic N) is 3. The summed E-state index contributed by atoms with van der Waals surface area (Å²) in [5, 5.41) is 21.2. The van der Waals surface area contributed by atoms with Crippen LogP contribution >= 0.6 is 11.6 Å². The van der Waals surface area contributed by atoms with Gasteiger partial charge in [0.15, 0.2) is 17.2 Å². The van der Waals surface area contributed by atoms with Crippen LogP contribution in [0.25, 0.3) is 5.69 Å². The molecule has 0 saturated carbocycles. The van der Waals surface area contributed by atoms with E-state index in [2.05, 4.69) is 21.8 Å². The minimum absolute atomic E-state index is 0.0366. The van der Waals surface area contributed by atoms with Crippen molar-refractivity contribution in [1.29, 1.82) is 5.26 Å². The van der Waals surface area contributed by atoms with Crippen LogP contribution in [0.15, 0.2) is 60.7 Å². The quantitative estimate of drug-likeness (QED) is 0.171. The first-order valence-electron chi connectivity index (χ1n) is 13.0. The zero-order valence-electron chi connectivity index (χ0n) is 23.7. The Morgan fingerprint density at radius 3 is 2.14 bits per heavy atom. The summed E-state index contributed by atoms with van der Waals surface area (Å²) in [6.45, 7) is 2.63. The third-order valence-electron chi connectivity index (χ3n) is 6.46. The summed E-state index contributed by atoms with van der Waals surface area (Å²) in [6.07, 6.45) is 0.508. The van der Waals surface area contributed by atoms with E-state index in [0.29, 0.717) is 64.4 Å². The fraction of sp³-hybridized carbons (Fsp3) is 0.226. The highest BCUT2D eigenvalue weighted by Gasteiger charge is 2.25. The van der Waals surface area contributed by atoms with Gasteiger partial charge in [0, 0.05) is 29.2 Å². The largest absolute Gasteiger partial charge is 0.493 e. The number of halogens is 1. The van der Waals surface area contributed by atoms with Crippen molar-refractivity contribution in [3.05, 3.63) is 93.6 Å². The monoisotopic (exact) mass is 587 g/mol. The van der Waals surface area contributed by atoms with Gasteiger partial charge in [-0.25, -0.2) is 4.68 Å². The van der Waals surface area contributed by atoms with Crippen molar-refractivity contribution in [3.8, 4) is 29.0 Å². The molecule has 0 fully saturated rings. The van der Waals surface area contributed by atoms with Crippen molar-refractivity contribution < 1.29 is 23.8 Å². The minimum atomic E-state index is -0.361. The maximum absolute atomic E-state index is 13.4. The minimum Gasteiger partial charge on any atom is -0.493 e. The van der Waals surface area contributed by atoms with Gasteiger partial charge in [-0.3, -0.25) is 9.59 Å². The maximum atomic E-state index is 13.4.